The lowest BCUT2D eigenvalue weighted by Crippen LogP contribution is -2.41. The molecule has 0 atom stereocenters. The summed E-state index contributed by atoms with van der Waals surface area (Å²) in [7, 11) is -3.85. The van der Waals surface area contributed by atoms with E-state index < -0.39 is 34.5 Å². The van der Waals surface area contributed by atoms with Crippen molar-refractivity contribution in [1.29, 1.82) is 0 Å². The van der Waals surface area contributed by atoms with E-state index in [1.54, 1.807) is 12.1 Å². The molecule has 0 aromatic heterocycles. The number of urea groups is 1. The number of sulfonamides is 1. The number of nitrogens with one attached hydrogen (secondary N) is 3. The van der Waals surface area contributed by atoms with E-state index in [1.165, 1.54) is 36.4 Å². The Bertz CT molecular complexity index is 1020. The zero-order chi connectivity index (χ0) is 22.1. The molecular formula is C19H20BrN3O6S. The van der Waals surface area contributed by atoms with Gasteiger partial charge >= 0.3 is 12.0 Å². The van der Waals surface area contributed by atoms with Crippen LogP contribution >= 0.6 is 15.9 Å². The number of anilines is 1. The second kappa shape index (κ2) is 10.7. The maximum atomic E-state index is 12.5. The fraction of sp³-hybridized carbons (Fsp3) is 0.211. The summed E-state index contributed by atoms with van der Waals surface area (Å²) < 4.78 is 32.9. The Morgan fingerprint density at radius 2 is 1.77 bits per heavy atom. The summed E-state index contributed by atoms with van der Waals surface area (Å²) in [6, 6.07) is 11.0. The average molecular weight is 498 g/mol. The minimum Gasteiger partial charge on any atom is -0.452 e. The van der Waals surface area contributed by atoms with Crippen LogP contribution in [0.3, 0.4) is 0 Å². The van der Waals surface area contributed by atoms with Crippen molar-refractivity contribution in [3.05, 3.63) is 58.6 Å². The minimum atomic E-state index is -3.85. The van der Waals surface area contributed by atoms with Gasteiger partial charge in [0.25, 0.3) is 15.9 Å². The van der Waals surface area contributed by atoms with E-state index in [2.05, 4.69) is 26.0 Å². The van der Waals surface area contributed by atoms with Crippen molar-refractivity contribution in [2.75, 3.05) is 17.9 Å². The maximum Gasteiger partial charge on any atom is 0.338 e. The predicted molar refractivity (Wildman–Crippen MR) is 114 cm³/mol. The van der Waals surface area contributed by atoms with Gasteiger partial charge in [0, 0.05) is 16.7 Å². The van der Waals surface area contributed by atoms with E-state index in [9.17, 15) is 22.8 Å². The molecule has 9 nitrogen and oxygen atoms in total. The van der Waals surface area contributed by atoms with Crippen molar-refractivity contribution < 1.29 is 27.5 Å². The fourth-order valence-corrected chi connectivity index (χ4v) is 3.51. The Morgan fingerprint density at radius 1 is 1.07 bits per heavy atom. The van der Waals surface area contributed by atoms with Crippen LogP contribution in [0, 0.1) is 0 Å². The quantitative estimate of drug-likeness (QED) is 0.480. The van der Waals surface area contributed by atoms with Gasteiger partial charge in [0.05, 0.1) is 10.5 Å². The molecule has 0 spiro atoms. The molecule has 0 heterocycles. The average Bonchev–Trinajstić information content (AvgIpc) is 2.70. The molecule has 0 aliphatic carbocycles. The van der Waals surface area contributed by atoms with Gasteiger partial charge < -0.3 is 10.1 Å². The van der Waals surface area contributed by atoms with Crippen LogP contribution in [-0.2, 0) is 19.6 Å². The third-order valence-corrected chi connectivity index (χ3v) is 5.52. The molecule has 2 aromatic rings. The number of esters is 1. The summed E-state index contributed by atoms with van der Waals surface area (Å²) in [4.78, 5) is 35.2. The molecular weight excluding hydrogens is 478 g/mol. The van der Waals surface area contributed by atoms with Crippen molar-refractivity contribution in [3.8, 4) is 0 Å². The molecule has 3 amide bonds. The van der Waals surface area contributed by atoms with Gasteiger partial charge in [-0.05, 0) is 48.9 Å². The Balaban J connectivity index is 1.97. The largest absolute Gasteiger partial charge is 0.452 e. The van der Waals surface area contributed by atoms with Crippen molar-refractivity contribution >= 4 is 49.5 Å². The molecule has 0 aliphatic rings. The second-order valence-corrected chi connectivity index (χ2v) is 8.62. The highest BCUT2D eigenvalue weighted by atomic mass is 79.9. The zero-order valence-electron chi connectivity index (χ0n) is 16.0. The standard InChI is InChI=1S/C19H20BrN3O6S/c1-2-10-21-19(26)22-17(24)12-29-18(25)13-4-3-5-15(11-13)23-30(27,28)16-8-6-14(20)7-9-16/h3-9,11,23H,2,10,12H2,1H3,(H2,21,22,24,26). The Labute approximate surface area is 182 Å². The van der Waals surface area contributed by atoms with E-state index in [0.29, 0.717) is 13.0 Å². The summed E-state index contributed by atoms with van der Waals surface area (Å²) in [5, 5.41) is 4.47. The van der Waals surface area contributed by atoms with E-state index in [0.717, 1.165) is 4.47 Å². The number of benzene rings is 2. The molecule has 0 fully saturated rings. The van der Waals surface area contributed by atoms with Crippen LogP contribution in [0.4, 0.5) is 10.5 Å². The van der Waals surface area contributed by atoms with Crippen LogP contribution in [0.15, 0.2) is 57.9 Å². The molecule has 160 valence electrons. The highest BCUT2D eigenvalue weighted by Gasteiger charge is 2.16. The first-order valence-corrected chi connectivity index (χ1v) is 11.1. The summed E-state index contributed by atoms with van der Waals surface area (Å²) in [6.07, 6.45) is 0.707. The van der Waals surface area contributed by atoms with Crippen molar-refractivity contribution in [1.82, 2.24) is 10.6 Å². The molecule has 2 aromatic carbocycles. The first-order chi connectivity index (χ1) is 14.2. The van der Waals surface area contributed by atoms with E-state index >= 15 is 0 Å². The molecule has 3 N–H and O–H groups in total. The van der Waals surface area contributed by atoms with Crippen LogP contribution in [0.1, 0.15) is 23.7 Å². The fourth-order valence-electron chi connectivity index (χ4n) is 2.20. The number of carbonyl (C=O) groups excluding carboxylic acids is 3. The first kappa shape index (κ1) is 23.4. The highest BCUT2D eigenvalue weighted by Crippen LogP contribution is 2.19. The minimum absolute atomic E-state index is 0.0363. The van der Waals surface area contributed by atoms with Gasteiger partial charge in [-0.1, -0.05) is 28.9 Å². The highest BCUT2D eigenvalue weighted by molar-refractivity contribution is 9.10. The summed E-state index contributed by atoms with van der Waals surface area (Å²) in [6.45, 7) is 1.60. The van der Waals surface area contributed by atoms with Gasteiger partial charge in [0.15, 0.2) is 6.61 Å². The van der Waals surface area contributed by atoms with Gasteiger partial charge in [-0.3, -0.25) is 14.8 Å². The number of ether oxygens (including phenoxy) is 1. The van der Waals surface area contributed by atoms with Crippen molar-refractivity contribution in [2.24, 2.45) is 0 Å². The molecule has 30 heavy (non-hydrogen) atoms. The summed E-state index contributed by atoms with van der Waals surface area (Å²) in [5.41, 5.74) is 0.185. The summed E-state index contributed by atoms with van der Waals surface area (Å²) >= 11 is 3.24. The molecule has 0 unspecified atom stereocenters. The number of rotatable bonds is 8. The van der Waals surface area contributed by atoms with Crippen LogP contribution in [0.2, 0.25) is 0 Å². The number of hydrogen-bond donors (Lipinski definition) is 3. The van der Waals surface area contributed by atoms with Crippen LogP contribution in [0.5, 0.6) is 0 Å². The lowest BCUT2D eigenvalue weighted by Gasteiger charge is -2.10. The monoisotopic (exact) mass is 497 g/mol. The maximum absolute atomic E-state index is 12.5. The lowest BCUT2D eigenvalue weighted by atomic mass is 10.2. The number of hydrogen-bond acceptors (Lipinski definition) is 6. The van der Waals surface area contributed by atoms with Gasteiger partial charge in [0.1, 0.15) is 0 Å². The number of carbonyl (C=O) groups is 3. The van der Waals surface area contributed by atoms with Crippen molar-refractivity contribution in [3.63, 3.8) is 0 Å². The second-order valence-electron chi connectivity index (χ2n) is 6.02. The van der Waals surface area contributed by atoms with Crippen LogP contribution in [0.25, 0.3) is 0 Å². The first-order valence-electron chi connectivity index (χ1n) is 8.84. The molecule has 0 saturated carbocycles. The van der Waals surface area contributed by atoms with E-state index in [1.807, 2.05) is 12.2 Å². The smallest absolute Gasteiger partial charge is 0.338 e. The van der Waals surface area contributed by atoms with Gasteiger partial charge in [0.2, 0.25) is 0 Å². The lowest BCUT2D eigenvalue weighted by molar-refractivity contribution is -0.123. The van der Waals surface area contributed by atoms with Crippen LogP contribution in [-0.4, -0.2) is 39.5 Å². The van der Waals surface area contributed by atoms with Gasteiger partial charge in [-0.15, -0.1) is 0 Å². The molecule has 0 saturated heterocycles. The molecule has 2 rings (SSSR count). The third kappa shape index (κ3) is 7.16. The number of amides is 3. The van der Waals surface area contributed by atoms with Crippen molar-refractivity contribution in [2.45, 2.75) is 18.2 Å². The predicted octanol–water partition coefficient (Wildman–Crippen LogP) is 2.64. The number of halogens is 1. The molecule has 0 aliphatic heterocycles. The molecule has 11 heteroatoms. The number of imide groups is 1. The third-order valence-electron chi connectivity index (χ3n) is 3.60. The topological polar surface area (TPSA) is 131 Å². The van der Waals surface area contributed by atoms with Gasteiger partial charge in [-0.2, -0.15) is 0 Å². The zero-order valence-corrected chi connectivity index (χ0v) is 18.4. The SMILES string of the molecule is CCCNC(=O)NC(=O)COC(=O)c1cccc(NS(=O)(=O)c2ccc(Br)cc2)c1. The van der Waals surface area contributed by atoms with Crippen LogP contribution < -0.4 is 15.4 Å². The van der Waals surface area contributed by atoms with Gasteiger partial charge in [-0.25, -0.2) is 18.0 Å². The Hall–Kier alpha value is -2.92. The molecule has 0 bridgehead atoms. The van der Waals surface area contributed by atoms with E-state index in [4.69, 9.17) is 4.74 Å². The Kier molecular flexibility index (Phi) is 8.36. The Morgan fingerprint density at radius 3 is 2.43 bits per heavy atom. The van der Waals surface area contributed by atoms with E-state index in [-0.39, 0.29) is 16.1 Å². The summed E-state index contributed by atoms with van der Waals surface area (Å²) in [5.74, 6) is -1.63. The molecule has 0 radical (unpaired) electrons. The normalized spacial score (nSPS) is 10.7.